The monoisotopic (exact) mass is 189 g/mol. The van der Waals surface area contributed by atoms with Crippen LogP contribution in [-0.2, 0) is 0 Å². The first-order valence-corrected chi connectivity index (χ1v) is 6.27. The molecule has 0 aliphatic rings. The van der Waals surface area contributed by atoms with Crippen LogP contribution in [0.1, 0.15) is 40.0 Å². The normalized spacial score (nSPS) is 13.2. The fraction of sp³-hybridized carbons (Fsp3) is 1.00. The Morgan fingerprint density at radius 1 is 1.25 bits per heavy atom. The predicted octanol–water partition coefficient (Wildman–Crippen LogP) is 2.91. The van der Waals surface area contributed by atoms with Gasteiger partial charge in [0.15, 0.2) is 0 Å². The van der Waals surface area contributed by atoms with E-state index in [1.807, 2.05) is 0 Å². The molecule has 0 spiro atoms. The quantitative estimate of drug-likeness (QED) is 0.589. The lowest BCUT2D eigenvalue weighted by atomic mass is 10.3. The average Bonchev–Trinajstić information content (AvgIpc) is 2.05. The van der Waals surface area contributed by atoms with E-state index in [1.165, 1.54) is 30.8 Å². The van der Waals surface area contributed by atoms with Gasteiger partial charge in [-0.1, -0.05) is 26.7 Å². The summed E-state index contributed by atoms with van der Waals surface area (Å²) in [6.45, 7) is 7.77. The Hall–Kier alpha value is 0.310. The van der Waals surface area contributed by atoms with E-state index in [-0.39, 0.29) is 0 Å². The summed E-state index contributed by atoms with van der Waals surface area (Å²) in [5, 5.41) is 3.42. The molecule has 0 aromatic carbocycles. The lowest BCUT2D eigenvalue weighted by molar-refractivity contribution is 0.620. The molecule has 2 heteroatoms. The van der Waals surface area contributed by atoms with E-state index < -0.39 is 0 Å². The van der Waals surface area contributed by atoms with E-state index in [1.54, 1.807) is 0 Å². The molecule has 0 rings (SSSR count). The number of thioether (sulfide) groups is 1. The second-order valence-corrected chi connectivity index (χ2v) is 4.39. The maximum atomic E-state index is 3.42. The maximum absolute atomic E-state index is 3.42. The van der Waals surface area contributed by atoms with E-state index in [0.29, 0.717) is 6.04 Å². The van der Waals surface area contributed by atoms with Gasteiger partial charge in [-0.25, -0.2) is 0 Å². The van der Waals surface area contributed by atoms with Crippen molar-refractivity contribution in [1.29, 1.82) is 0 Å². The van der Waals surface area contributed by atoms with Crippen molar-refractivity contribution >= 4 is 11.8 Å². The van der Waals surface area contributed by atoms with E-state index >= 15 is 0 Å². The van der Waals surface area contributed by atoms with Gasteiger partial charge in [0.05, 0.1) is 0 Å². The molecule has 1 N–H and O–H groups in total. The fourth-order valence-corrected chi connectivity index (χ4v) is 2.17. The molecule has 0 aliphatic carbocycles. The van der Waals surface area contributed by atoms with Crippen LogP contribution in [0.2, 0.25) is 0 Å². The minimum absolute atomic E-state index is 0.682. The highest BCUT2D eigenvalue weighted by atomic mass is 32.2. The first-order chi connectivity index (χ1) is 5.81. The molecule has 0 fully saturated rings. The van der Waals surface area contributed by atoms with Gasteiger partial charge in [0.25, 0.3) is 0 Å². The van der Waals surface area contributed by atoms with Gasteiger partial charge in [-0.15, -0.1) is 0 Å². The zero-order valence-electron chi connectivity index (χ0n) is 8.73. The standard InChI is InChI=1S/C10H23NS/c1-4-6-7-8-12-9-10(3)11-5-2/h10-11H,4-9H2,1-3H3. The second kappa shape index (κ2) is 9.40. The molecule has 0 bridgehead atoms. The Morgan fingerprint density at radius 3 is 2.58 bits per heavy atom. The van der Waals surface area contributed by atoms with E-state index in [4.69, 9.17) is 0 Å². The van der Waals surface area contributed by atoms with Gasteiger partial charge < -0.3 is 5.32 Å². The van der Waals surface area contributed by atoms with Crippen molar-refractivity contribution in [1.82, 2.24) is 5.32 Å². The van der Waals surface area contributed by atoms with Gasteiger partial charge in [0.1, 0.15) is 0 Å². The molecular formula is C10H23NS. The van der Waals surface area contributed by atoms with Crippen LogP contribution in [0, 0.1) is 0 Å². The summed E-state index contributed by atoms with van der Waals surface area (Å²) in [6.07, 6.45) is 4.12. The van der Waals surface area contributed by atoms with Crippen LogP contribution in [0.3, 0.4) is 0 Å². The topological polar surface area (TPSA) is 12.0 Å². The molecule has 0 saturated heterocycles. The molecular weight excluding hydrogens is 166 g/mol. The Kier molecular flexibility index (Phi) is 9.64. The highest BCUT2D eigenvalue weighted by Crippen LogP contribution is 2.07. The van der Waals surface area contributed by atoms with E-state index in [0.717, 1.165) is 6.54 Å². The Bertz CT molecular complexity index is 85.9. The molecule has 12 heavy (non-hydrogen) atoms. The summed E-state index contributed by atoms with van der Waals surface area (Å²) in [5.74, 6) is 2.60. The summed E-state index contributed by atoms with van der Waals surface area (Å²) in [4.78, 5) is 0. The van der Waals surface area contributed by atoms with Gasteiger partial charge >= 0.3 is 0 Å². The first kappa shape index (κ1) is 12.3. The summed E-state index contributed by atoms with van der Waals surface area (Å²) in [5.41, 5.74) is 0. The number of nitrogens with one attached hydrogen (secondary N) is 1. The summed E-state index contributed by atoms with van der Waals surface area (Å²) < 4.78 is 0. The lowest BCUT2D eigenvalue weighted by Gasteiger charge is -2.10. The minimum atomic E-state index is 0.682. The first-order valence-electron chi connectivity index (χ1n) is 5.12. The van der Waals surface area contributed by atoms with Crippen LogP contribution < -0.4 is 5.32 Å². The third-order valence-electron chi connectivity index (χ3n) is 1.81. The van der Waals surface area contributed by atoms with Crippen molar-refractivity contribution in [3.63, 3.8) is 0 Å². The van der Waals surface area contributed by atoms with Crippen LogP contribution in [-0.4, -0.2) is 24.1 Å². The fourth-order valence-electron chi connectivity index (χ4n) is 1.12. The molecule has 0 aromatic heterocycles. The summed E-state index contributed by atoms with van der Waals surface area (Å²) in [7, 11) is 0. The van der Waals surface area contributed by atoms with Crippen molar-refractivity contribution < 1.29 is 0 Å². The van der Waals surface area contributed by atoms with Crippen molar-refractivity contribution in [3.8, 4) is 0 Å². The molecule has 0 saturated carbocycles. The third kappa shape index (κ3) is 8.41. The van der Waals surface area contributed by atoms with Crippen LogP contribution in [0.4, 0.5) is 0 Å². The smallest absolute Gasteiger partial charge is 0.0129 e. The highest BCUT2D eigenvalue weighted by molar-refractivity contribution is 7.99. The molecule has 1 nitrogen and oxygen atoms in total. The van der Waals surface area contributed by atoms with Crippen LogP contribution in [0.5, 0.6) is 0 Å². The molecule has 0 radical (unpaired) electrons. The number of hydrogen-bond acceptors (Lipinski definition) is 2. The van der Waals surface area contributed by atoms with Crippen molar-refractivity contribution in [3.05, 3.63) is 0 Å². The zero-order chi connectivity index (χ0) is 9.23. The number of hydrogen-bond donors (Lipinski definition) is 1. The Balaban J connectivity index is 2.97. The third-order valence-corrected chi connectivity index (χ3v) is 3.13. The van der Waals surface area contributed by atoms with E-state index in [9.17, 15) is 0 Å². The minimum Gasteiger partial charge on any atom is -0.314 e. The molecule has 74 valence electrons. The largest absolute Gasteiger partial charge is 0.314 e. The van der Waals surface area contributed by atoms with Crippen LogP contribution >= 0.6 is 11.8 Å². The van der Waals surface area contributed by atoms with Gasteiger partial charge in [0.2, 0.25) is 0 Å². The van der Waals surface area contributed by atoms with E-state index in [2.05, 4.69) is 37.8 Å². The summed E-state index contributed by atoms with van der Waals surface area (Å²) >= 11 is 2.08. The van der Waals surface area contributed by atoms with Crippen molar-refractivity contribution in [2.24, 2.45) is 0 Å². The molecule has 0 amide bonds. The molecule has 0 aliphatic heterocycles. The average molecular weight is 189 g/mol. The second-order valence-electron chi connectivity index (χ2n) is 3.24. The van der Waals surface area contributed by atoms with Gasteiger partial charge in [-0.05, 0) is 25.6 Å². The molecule has 0 aromatic rings. The predicted molar refractivity (Wildman–Crippen MR) is 60.0 cm³/mol. The number of unbranched alkanes of at least 4 members (excludes halogenated alkanes) is 2. The zero-order valence-corrected chi connectivity index (χ0v) is 9.54. The molecule has 1 unspecified atom stereocenters. The van der Waals surface area contributed by atoms with Gasteiger partial charge in [0, 0.05) is 11.8 Å². The van der Waals surface area contributed by atoms with Gasteiger partial charge in [-0.3, -0.25) is 0 Å². The lowest BCUT2D eigenvalue weighted by Crippen LogP contribution is -2.27. The Labute approximate surface area is 81.7 Å². The van der Waals surface area contributed by atoms with Crippen molar-refractivity contribution in [2.75, 3.05) is 18.1 Å². The van der Waals surface area contributed by atoms with Crippen molar-refractivity contribution in [2.45, 2.75) is 46.1 Å². The SMILES string of the molecule is CCCCCSCC(C)NCC. The van der Waals surface area contributed by atoms with Crippen LogP contribution in [0.15, 0.2) is 0 Å². The molecule has 1 atom stereocenters. The molecule has 0 heterocycles. The Morgan fingerprint density at radius 2 is 2.00 bits per heavy atom. The van der Waals surface area contributed by atoms with Gasteiger partial charge in [-0.2, -0.15) is 11.8 Å². The maximum Gasteiger partial charge on any atom is 0.0129 e. The van der Waals surface area contributed by atoms with Crippen LogP contribution in [0.25, 0.3) is 0 Å². The summed E-state index contributed by atoms with van der Waals surface area (Å²) in [6, 6.07) is 0.682. The highest BCUT2D eigenvalue weighted by Gasteiger charge is 1.98. The number of rotatable bonds is 8.